The zero-order chi connectivity index (χ0) is 12.8. The van der Waals surface area contributed by atoms with Gasteiger partial charge in [0.2, 0.25) is 10.0 Å². The molecule has 0 radical (unpaired) electrons. The summed E-state index contributed by atoms with van der Waals surface area (Å²) in [5.41, 5.74) is -1.28. The second kappa shape index (κ2) is 3.68. The highest BCUT2D eigenvalue weighted by Crippen LogP contribution is 2.55. The van der Waals surface area contributed by atoms with Crippen molar-refractivity contribution in [2.24, 2.45) is 5.41 Å². The number of hydrogen-bond acceptors (Lipinski definition) is 3. The first-order chi connectivity index (χ1) is 6.91. The van der Waals surface area contributed by atoms with Crippen molar-refractivity contribution in [2.75, 3.05) is 6.54 Å². The molecule has 0 spiro atoms. The molecule has 0 aromatic carbocycles. The molecular weight excluding hydrogens is 226 g/mol. The van der Waals surface area contributed by atoms with Crippen LogP contribution in [0.2, 0.25) is 0 Å². The number of rotatable bonds is 4. The fraction of sp³-hybridized carbons (Fsp3) is 1.00. The maximum atomic E-state index is 12.2. The molecule has 0 unspecified atom stereocenters. The number of sulfonamides is 1. The molecule has 0 heterocycles. The van der Waals surface area contributed by atoms with E-state index in [4.69, 9.17) is 0 Å². The number of nitrogens with one attached hydrogen (secondary N) is 1. The van der Waals surface area contributed by atoms with Gasteiger partial charge in [-0.3, -0.25) is 0 Å². The van der Waals surface area contributed by atoms with E-state index in [0.29, 0.717) is 12.8 Å². The summed E-state index contributed by atoms with van der Waals surface area (Å²) < 4.78 is 26.3. The van der Waals surface area contributed by atoms with E-state index in [9.17, 15) is 13.5 Å². The molecule has 0 aromatic heterocycles. The van der Waals surface area contributed by atoms with Gasteiger partial charge >= 0.3 is 0 Å². The van der Waals surface area contributed by atoms with Crippen LogP contribution in [0.4, 0.5) is 0 Å². The van der Waals surface area contributed by atoms with Crippen LogP contribution in [0.5, 0.6) is 0 Å². The van der Waals surface area contributed by atoms with Gasteiger partial charge in [-0.1, -0.05) is 20.8 Å². The number of aliphatic hydroxyl groups is 1. The summed E-state index contributed by atoms with van der Waals surface area (Å²) in [6, 6.07) is 0. The summed E-state index contributed by atoms with van der Waals surface area (Å²) in [6.07, 6.45) is 1.41. The molecule has 0 aromatic rings. The van der Waals surface area contributed by atoms with E-state index in [1.54, 1.807) is 13.8 Å². The van der Waals surface area contributed by atoms with Crippen molar-refractivity contribution in [3.8, 4) is 0 Å². The lowest BCUT2D eigenvalue weighted by molar-refractivity contribution is 0.0854. The van der Waals surface area contributed by atoms with Crippen LogP contribution in [-0.4, -0.2) is 30.4 Å². The van der Waals surface area contributed by atoms with Gasteiger partial charge in [-0.05, 0) is 32.1 Å². The quantitative estimate of drug-likeness (QED) is 0.788. The Bertz CT molecular complexity index is 356. The van der Waals surface area contributed by atoms with Gasteiger partial charge in [-0.15, -0.1) is 0 Å². The van der Waals surface area contributed by atoms with Gasteiger partial charge in [-0.25, -0.2) is 13.1 Å². The van der Waals surface area contributed by atoms with Crippen molar-refractivity contribution in [3.05, 3.63) is 0 Å². The molecule has 0 aliphatic heterocycles. The first kappa shape index (κ1) is 13.9. The zero-order valence-corrected chi connectivity index (χ0v) is 11.6. The van der Waals surface area contributed by atoms with E-state index in [1.807, 2.05) is 20.8 Å². The van der Waals surface area contributed by atoms with Gasteiger partial charge in [0, 0.05) is 6.54 Å². The van der Waals surface area contributed by atoms with Crippen LogP contribution in [0.1, 0.15) is 47.5 Å². The topological polar surface area (TPSA) is 66.4 Å². The van der Waals surface area contributed by atoms with E-state index in [1.165, 1.54) is 0 Å². The fourth-order valence-electron chi connectivity index (χ4n) is 1.95. The Balaban J connectivity index is 2.81. The summed E-state index contributed by atoms with van der Waals surface area (Å²) in [6.45, 7) is 9.08. The maximum absolute atomic E-state index is 12.2. The Morgan fingerprint density at radius 1 is 1.19 bits per heavy atom. The largest absolute Gasteiger partial charge is 0.389 e. The summed E-state index contributed by atoms with van der Waals surface area (Å²) >= 11 is 0. The van der Waals surface area contributed by atoms with Crippen LogP contribution in [0.15, 0.2) is 0 Å². The van der Waals surface area contributed by atoms with Crippen molar-refractivity contribution in [1.29, 1.82) is 0 Å². The Labute approximate surface area is 98.5 Å². The summed E-state index contributed by atoms with van der Waals surface area (Å²) in [5, 5.41) is 9.54. The second-order valence-electron chi connectivity index (χ2n) is 6.38. The van der Waals surface area contributed by atoms with Crippen LogP contribution >= 0.6 is 0 Å². The smallest absolute Gasteiger partial charge is 0.217 e. The summed E-state index contributed by atoms with van der Waals surface area (Å²) in [7, 11) is -3.35. The Morgan fingerprint density at radius 3 is 1.88 bits per heavy atom. The number of hydrogen-bond donors (Lipinski definition) is 2. The molecule has 96 valence electrons. The van der Waals surface area contributed by atoms with Gasteiger partial charge in [0.05, 0.1) is 10.3 Å². The van der Waals surface area contributed by atoms with E-state index in [2.05, 4.69) is 4.72 Å². The second-order valence-corrected chi connectivity index (χ2v) is 8.46. The molecule has 0 bridgehead atoms. The molecule has 0 saturated heterocycles. The lowest BCUT2D eigenvalue weighted by atomic mass is 9.90. The van der Waals surface area contributed by atoms with Crippen LogP contribution in [0.3, 0.4) is 0 Å². The van der Waals surface area contributed by atoms with Gasteiger partial charge < -0.3 is 5.11 Å². The highest BCUT2D eigenvalue weighted by Gasteiger charge is 2.61. The molecule has 2 N–H and O–H groups in total. The molecule has 1 saturated carbocycles. The predicted octanol–water partition coefficient (Wildman–Crippen LogP) is 1.26. The molecule has 16 heavy (non-hydrogen) atoms. The van der Waals surface area contributed by atoms with E-state index in [-0.39, 0.29) is 12.0 Å². The van der Waals surface area contributed by atoms with Crippen molar-refractivity contribution < 1.29 is 13.5 Å². The standard InChI is InChI=1S/C11H23NO3S/c1-9(2,3)11(6-7-11)16(14,15)12-8-10(4,5)13/h12-13H,6-8H2,1-5H3. The SMILES string of the molecule is CC(C)(O)CNS(=O)(=O)C1(C(C)(C)C)CC1. The van der Waals surface area contributed by atoms with Crippen molar-refractivity contribution >= 4 is 10.0 Å². The summed E-state index contributed by atoms with van der Waals surface area (Å²) in [4.78, 5) is 0. The average Bonchev–Trinajstić information content (AvgIpc) is 2.77. The van der Waals surface area contributed by atoms with Gasteiger partial charge in [0.15, 0.2) is 0 Å². The molecule has 1 fully saturated rings. The molecule has 1 aliphatic carbocycles. The van der Waals surface area contributed by atoms with E-state index in [0.717, 1.165) is 0 Å². The lowest BCUT2D eigenvalue weighted by Gasteiger charge is -2.31. The van der Waals surface area contributed by atoms with Crippen molar-refractivity contribution in [3.63, 3.8) is 0 Å². The monoisotopic (exact) mass is 249 g/mol. The van der Waals surface area contributed by atoms with Crippen LogP contribution < -0.4 is 4.72 Å². The Hall–Kier alpha value is -0.130. The molecule has 4 nitrogen and oxygen atoms in total. The van der Waals surface area contributed by atoms with E-state index < -0.39 is 20.4 Å². The minimum Gasteiger partial charge on any atom is -0.389 e. The molecular formula is C11H23NO3S. The highest BCUT2D eigenvalue weighted by molar-refractivity contribution is 7.91. The van der Waals surface area contributed by atoms with E-state index >= 15 is 0 Å². The molecule has 5 heteroatoms. The minimum atomic E-state index is -3.35. The first-order valence-electron chi connectivity index (χ1n) is 5.63. The molecule has 1 rings (SSSR count). The third-order valence-corrected chi connectivity index (χ3v) is 5.85. The highest BCUT2D eigenvalue weighted by atomic mass is 32.2. The van der Waals surface area contributed by atoms with Gasteiger partial charge in [-0.2, -0.15) is 0 Å². The fourth-order valence-corrected chi connectivity index (χ4v) is 4.21. The zero-order valence-electron chi connectivity index (χ0n) is 10.8. The van der Waals surface area contributed by atoms with Crippen molar-refractivity contribution in [2.45, 2.75) is 57.8 Å². The van der Waals surface area contributed by atoms with Crippen LogP contribution in [0, 0.1) is 5.41 Å². The predicted molar refractivity (Wildman–Crippen MR) is 64.6 cm³/mol. The van der Waals surface area contributed by atoms with Crippen LogP contribution in [-0.2, 0) is 10.0 Å². The minimum absolute atomic E-state index is 0.0627. The lowest BCUT2D eigenvalue weighted by Crippen LogP contribution is -2.48. The van der Waals surface area contributed by atoms with Gasteiger partial charge in [0.1, 0.15) is 0 Å². The maximum Gasteiger partial charge on any atom is 0.217 e. The molecule has 0 amide bonds. The van der Waals surface area contributed by atoms with Crippen LogP contribution in [0.25, 0.3) is 0 Å². The third kappa shape index (κ3) is 2.57. The average molecular weight is 249 g/mol. The van der Waals surface area contributed by atoms with Gasteiger partial charge in [0.25, 0.3) is 0 Å². The molecule has 0 atom stereocenters. The Morgan fingerprint density at radius 2 is 1.62 bits per heavy atom. The Kier molecular flexibility index (Phi) is 3.21. The molecule has 1 aliphatic rings. The van der Waals surface area contributed by atoms with Crippen molar-refractivity contribution in [1.82, 2.24) is 4.72 Å². The third-order valence-electron chi connectivity index (χ3n) is 3.28. The summed E-state index contributed by atoms with van der Waals surface area (Å²) in [5.74, 6) is 0. The first-order valence-corrected chi connectivity index (χ1v) is 7.11. The normalized spacial score (nSPS) is 20.9.